The summed E-state index contributed by atoms with van der Waals surface area (Å²) in [6.45, 7) is 11.5. The highest BCUT2D eigenvalue weighted by atomic mass is 16.1. The van der Waals surface area contributed by atoms with Crippen molar-refractivity contribution < 1.29 is 9.59 Å². The minimum Gasteiger partial charge on any atom is -0.303 e. The van der Waals surface area contributed by atoms with E-state index in [0.717, 1.165) is 25.4 Å². The number of carbonyl (C=O) groups is 2. The van der Waals surface area contributed by atoms with Crippen LogP contribution in [0.5, 0.6) is 0 Å². The third kappa shape index (κ3) is 2.85. The fourth-order valence-electron chi connectivity index (χ4n) is 4.94. The second kappa shape index (κ2) is 6.52. The second-order valence-corrected chi connectivity index (χ2v) is 7.88. The van der Waals surface area contributed by atoms with Crippen LogP contribution in [0, 0.1) is 22.7 Å². The molecule has 0 heterocycles. The maximum atomic E-state index is 11.1. The molecule has 4 atom stereocenters. The number of aldehydes is 2. The lowest BCUT2D eigenvalue weighted by atomic mass is 9.46. The largest absolute Gasteiger partial charge is 0.303 e. The van der Waals surface area contributed by atoms with Gasteiger partial charge >= 0.3 is 0 Å². The highest BCUT2D eigenvalue weighted by Crippen LogP contribution is 2.62. The molecule has 0 radical (unpaired) electrons. The lowest BCUT2D eigenvalue weighted by Gasteiger charge is -2.58. The van der Waals surface area contributed by atoms with Crippen molar-refractivity contribution in [2.24, 2.45) is 22.7 Å². The van der Waals surface area contributed by atoms with E-state index in [1.54, 1.807) is 0 Å². The zero-order valence-corrected chi connectivity index (χ0v) is 14.4. The lowest BCUT2D eigenvalue weighted by Crippen LogP contribution is -2.50. The summed E-state index contributed by atoms with van der Waals surface area (Å²) in [6, 6.07) is 0. The zero-order chi connectivity index (χ0) is 16.4. The third-order valence-electron chi connectivity index (χ3n) is 6.84. The average molecular weight is 302 g/mol. The molecule has 0 N–H and O–H groups in total. The summed E-state index contributed by atoms with van der Waals surface area (Å²) in [5, 5.41) is 0. The van der Waals surface area contributed by atoms with Crippen molar-refractivity contribution in [1.82, 2.24) is 0 Å². The van der Waals surface area contributed by atoms with Gasteiger partial charge in [0.2, 0.25) is 0 Å². The van der Waals surface area contributed by atoms with Crippen molar-refractivity contribution in [2.45, 2.75) is 65.7 Å². The van der Waals surface area contributed by atoms with Crippen LogP contribution in [0.25, 0.3) is 0 Å². The van der Waals surface area contributed by atoms with Gasteiger partial charge in [0, 0.05) is 6.42 Å². The fraction of sp³-hybridized carbons (Fsp3) is 0.700. The Bertz CT molecular complexity index is 490. The monoisotopic (exact) mass is 302 g/mol. The summed E-state index contributed by atoms with van der Waals surface area (Å²) in [7, 11) is 0. The van der Waals surface area contributed by atoms with Crippen molar-refractivity contribution in [3.8, 4) is 0 Å². The van der Waals surface area contributed by atoms with Gasteiger partial charge in [-0.2, -0.15) is 0 Å². The fourth-order valence-corrected chi connectivity index (χ4v) is 4.94. The van der Waals surface area contributed by atoms with E-state index in [0.29, 0.717) is 17.4 Å². The van der Waals surface area contributed by atoms with Gasteiger partial charge in [-0.05, 0) is 66.8 Å². The normalized spacial score (nSPS) is 39.2. The maximum Gasteiger partial charge on any atom is 0.146 e. The second-order valence-electron chi connectivity index (χ2n) is 7.88. The highest BCUT2D eigenvalue weighted by Gasteiger charge is 2.53. The first kappa shape index (κ1) is 17.2. The Morgan fingerprint density at radius 3 is 2.68 bits per heavy atom. The minimum absolute atomic E-state index is 0.188. The number of allylic oxidation sites excluding steroid dienone is 3. The van der Waals surface area contributed by atoms with Crippen molar-refractivity contribution >= 4 is 12.6 Å². The molecule has 0 spiro atoms. The van der Waals surface area contributed by atoms with E-state index in [2.05, 4.69) is 27.4 Å². The molecule has 2 heteroatoms. The molecule has 0 amide bonds. The molecule has 22 heavy (non-hydrogen) atoms. The SMILES string of the molecule is C=C1CCCC2C1(C)CCC(C)C2(C)C/C=C(\C=O)CC=O. The molecule has 2 aliphatic carbocycles. The van der Waals surface area contributed by atoms with Crippen LogP contribution < -0.4 is 0 Å². The summed E-state index contributed by atoms with van der Waals surface area (Å²) in [4.78, 5) is 21.8. The van der Waals surface area contributed by atoms with Crippen LogP contribution in [-0.4, -0.2) is 12.6 Å². The Hall–Kier alpha value is -1.18. The standard InChI is InChI=1S/C20H30O2/c1-15-6-5-7-18-19(15,3)11-8-16(2)20(18,4)12-9-17(14-22)10-13-21/h9,13-14,16,18H,1,5-8,10-12H2,2-4H3/b17-9-. The van der Waals surface area contributed by atoms with E-state index in [1.165, 1.54) is 31.3 Å². The third-order valence-corrected chi connectivity index (χ3v) is 6.84. The van der Waals surface area contributed by atoms with E-state index in [4.69, 9.17) is 0 Å². The van der Waals surface area contributed by atoms with Crippen molar-refractivity contribution in [3.63, 3.8) is 0 Å². The Kier molecular flexibility index (Phi) is 5.09. The number of hydrogen-bond acceptors (Lipinski definition) is 2. The molecule has 0 bridgehead atoms. The highest BCUT2D eigenvalue weighted by molar-refractivity contribution is 5.78. The van der Waals surface area contributed by atoms with E-state index in [-0.39, 0.29) is 17.3 Å². The molecule has 0 aliphatic heterocycles. The molecule has 0 saturated heterocycles. The first-order valence-corrected chi connectivity index (χ1v) is 8.64. The number of rotatable bonds is 5. The molecule has 2 saturated carbocycles. The van der Waals surface area contributed by atoms with E-state index >= 15 is 0 Å². The Labute approximate surface area is 135 Å². The van der Waals surface area contributed by atoms with Gasteiger partial charge in [-0.1, -0.05) is 39.0 Å². The van der Waals surface area contributed by atoms with Crippen molar-refractivity contribution in [2.75, 3.05) is 0 Å². The van der Waals surface area contributed by atoms with Gasteiger partial charge in [0.1, 0.15) is 12.6 Å². The molecule has 0 aromatic heterocycles. The molecule has 2 nitrogen and oxygen atoms in total. The zero-order valence-electron chi connectivity index (χ0n) is 14.4. The molecule has 0 aromatic carbocycles. The van der Waals surface area contributed by atoms with Gasteiger partial charge in [0.25, 0.3) is 0 Å². The summed E-state index contributed by atoms with van der Waals surface area (Å²) in [5.74, 6) is 1.27. The number of hydrogen-bond donors (Lipinski definition) is 0. The molecule has 2 aliphatic rings. The molecular weight excluding hydrogens is 272 g/mol. The first-order chi connectivity index (χ1) is 10.4. The predicted molar refractivity (Wildman–Crippen MR) is 90.5 cm³/mol. The van der Waals surface area contributed by atoms with E-state index in [1.807, 2.05) is 6.08 Å². The van der Waals surface area contributed by atoms with E-state index < -0.39 is 0 Å². The Morgan fingerprint density at radius 2 is 2.05 bits per heavy atom. The average Bonchev–Trinajstić information content (AvgIpc) is 2.50. The quantitative estimate of drug-likeness (QED) is 0.411. The number of carbonyl (C=O) groups excluding carboxylic acids is 2. The molecule has 122 valence electrons. The van der Waals surface area contributed by atoms with Gasteiger partial charge in [-0.15, -0.1) is 0 Å². The molecule has 0 aromatic rings. The van der Waals surface area contributed by atoms with Crippen molar-refractivity contribution in [3.05, 3.63) is 23.8 Å². The summed E-state index contributed by atoms with van der Waals surface area (Å²) in [6.07, 6.45) is 10.9. The first-order valence-electron chi connectivity index (χ1n) is 8.64. The maximum absolute atomic E-state index is 11.1. The molecular formula is C20H30O2. The van der Waals surface area contributed by atoms with Crippen LogP contribution in [0.1, 0.15) is 65.7 Å². The van der Waals surface area contributed by atoms with Crippen LogP contribution in [0.15, 0.2) is 23.8 Å². The summed E-state index contributed by atoms with van der Waals surface area (Å²) < 4.78 is 0. The Balaban J connectivity index is 2.30. The Morgan fingerprint density at radius 1 is 1.32 bits per heavy atom. The summed E-state index contributed by atoms with van der Waals surface area (Å²) in [5.41, 5.74) is 2.49. The van der Waals surface area contributed by atoms with Gasteiger partial charge in [0.15, 0.2) is 0 Å². The van der Waals surface area contributed by atoms with Crippen LogP contribution in [0.2, 0.25) is 0 Å². The molecule has 2 fully saturated rings. The van der Waals surface area contributed by atoms with Crippen LogP contribution in [-0.2, 0) is 9.59 Å². The summed E-state index contributed by atoms with van der Waals surface area (Å²) >= 11 is 0. The predicted octanol–water partition coefficient (Wildman–Crippen LogP) is 4.89. The van der Waals surface area contributed by atoms with Crippen LogP contribution >= 0.6 is 0 Å². The van der Waals surface area contributed by atoms with Gasteiger partial charge < -0.3 is 4.79 Å². The minimum atomic E-state index is 0.188. The topological polar surface area (TPSA) is 34.1 Å². The van der Waals surface area contributed by atoms with E-state index in [9.17, 15) is 9.59 Å². The van der Waals surface area contributed by atoms with Gasteiger partial charge in [-0.3, -0.25) is 4.79 Å². The smallest absolute Gasteiger partial charge is 0.146 e. The molecule has 4 unspecified atom stereocenters. The molecule has 2 rings (SSSR count). The number of fused-ring (bicyclic) bond motifs is 1. The van der Waals surface area contributed by atoms with Crippen LogP contribution in [0.3, 0.4) is 0 Å². The van der Waals surface area contributed by atoms with Gasteiger partial charge in [-0.25, -0.2) is 0 Å². The lowest BCUT2D eigenvalue weighted by molar-refractivity contribution is -0.109. The van der Waals surface area contributed by atoms with Crippen molar-refractivity contribution in [1.29, 1.82) is 0 Å². The van der Waals surface area contributed by atoms with Crippen LogP contribution in [0.4, 0.5) is 0 Å². The van der Waals surface area contributed by atoms with Gasteiger partial charge in [0.05, 0.1) is 0 Å².